The van der Waals surface area contributed by atoms with E-state index in [1.165, 1.54) is 27.5 Å². The molecule has 0 unspecified atom stereocenters. The Morgan fingerprint density at radius 2 is 1.63 bits per heavy atom. The third-order valence-corrected chi connectivity index (χ3v) is 5.82. The van der Waals surface area contributed by atoms with Gasteiger partial charge in [0, 0.05) is 22.7 Å². The van der Waals surface area contributed by atoms with Crippen LogP contribution in [0.25, 0.3) is 33.2 Å². The first-order valence-corrected chi connectivity index (χ1v) is 9.28. The van der Waals surface area contributed by atoms with Gasteiger partial charge in [0.2, 0.25) is 0 Å². The van der Waals surface area contributed by atoms with Crippen molar-refractivity contribution in [1.82, 2.24) is 4.98 Å². The molecule has 5 rings (SSSR count). The van der Waals surface area contributed by atoms with E-state index in [1.807, 2.05) is 12.3 Å². The van der Waals surface area contributed by atoms with Gasteiger partial charge in [0.1, 0.15) is 5.75 Å². The number of nitrogens with zero attached hydrogens (tertiary/aromatic N) is 1. The summed E-state index contributed by atoms with van der Waals surface area (Å²) in [7, 11) is 1.73. The molecule has 3 aromatic carbocycles. The zero-order valence-corrected chi connectivity index (χ0v) is 15.8. The molecule has 0 atom stereocenters. The average Bonchev–Trinajstić information content (AvgIpc) is 2.94. The number of methoxy groups -OCH3 is 1. The molecule has 1 aliphatic rings. The molecule has 0 N–H and O–H groups in total. The number of fused-ring (bicyclic) bond motifs is 4. The Morgan fingerprint density at radius 3 is 2.48 bits per heavy atom. The quantitative estimate of drug-likeness (QED) is 0.428. The predicted molar refractivity (Wildman–Crippen MR) is 111 cm³/mol. The molecule has 2 nitrogen and oxygen atoms in total. The third-order valence-electron chi connectivity index (χ3n) is 5.82. The predicted octanol–water partition coefficient (Wildman–Crippen LogP) is 6.22. The maximum absolute atomic E-state index is 5.64. The fourth-order valence-corrected chi connectivity index (χ4v) is 4.38. The summed E-state index contributed by atoms with van der Waals surface area (Å²) < 4.78 is 5.64. The smallest absolute Gasteiger partial charge is 0.128 e. The Balaban J connectivity index is 1.76. The minimum atomic E-state index is -0.104. The van der Waals surface area contributed by atoms with Gasteiger partial charge in [0.05, 0.1) is 12.8 Å². The van der Waals surface area contributed by atoms with Crippen LogP contribution >= 0.6 is 0 Å². The van der Waals surface area contributed by atoms with Gasteiger partial charge in [0.25, 0.3) is 0 Å². The van der Waals surface area contributed by atoms with E-state index in [2.05, 4.69) is 74.5 Å². The molecule has 1 heterocycles. The Kier molecular flexibility index (Phi) is 3.38. The second-order valence-electron chi connectivity index (χ2n) is 7.65. The normalized spacial score (nSPS) is 14.0. The molecule has 0 bridgehead atoms. The van der Waals surface area contributed by atoms with Gasteiger partial charge in [-0.3, -0.25) is 4.98 Å². The maximum atomic E-state index is 5.64. The number of aromatic nitrogens is 1. The SMILES string of the molecule is COc1cccc2c1-c1ncc(-c3cccc4ccccc34)cc1C2(C)C. The van der Waals surface area contributed by atoms with E-state index in [0.717, 1.165) is 22.6 Å². The van der Waals surface area contributed by atoms with Gasteiger partial charge >= 0.3 is 0 Å². The van der Waals surface area contributed by atoms with Crippen LogP contribution in [0.3, 0.4) is 0 Å². The minimum absolute atomic E-state index is 0.104. The van der Waals surface area contributed by atoms with Gasteiger partial charge in [-0.25, -0.2) is 0 Å². The average molecular weight is 351 g/mol. The van der Waals surface area contributed by atoms with Crippen LogP contribution in [0.2, 0.25) is 0 Å². The van der Waals surface area contributed by atoms with Crippen LogP contribution in [0.5, 0.6) is 5.75 Å². The first-order valence-electron chi connectivity index (χ1n) is 9.28. The zero-order valence-electron chi connectivity index (χ0n) is 15.8. The van der Waals surface area contributed by atoms with Gasteiger partial charge in [-0.2, -0.15) is 0 Å². The van der Waals surface area contributed by atoms with Gasteiger partial charge in [-0.15, -0.1) is 0 Å². The lowest BCUT2D eigenvalue weighted by molar-refractivity contribution is 0.416. The van der Waals surface area contributed by atoms with Crippen LogP contribution < -0.4 is 4.74 Å². The lowest BCUT2D eigenvalue weighted by Gasteiger charge is -2.21. The van der Waals surface area contributed by atoms with Gasteiger partial charge < -0.3 is 4.74 Å². The highest BCUT2D eigenvalue weighted by Crippen LogP contribution is 2.51. The third kappa shape index (κ3) is 2.23. The van der Waals surface area contributed by atoms with Crippen molar-refractivity contribution < 1.29 is 4.74 Å². The Hall–Kier alpha value is -3.13. The lowest BCUT2D eigenvalue weighted by atomic mass is 9.82. The summed E-state index contributed by atoms with van der Waals surface area (Å²) in [4.78, 5) is 4.91. The summed E-state index contributed by atoms with van der Waals surface area (Å²) in [5.74, 6) is 0.893. The standard InChI is InChI=1S/C25H21NO/c1-25(2)20-12-7-13-22(27-3)23(20)24-21(25)14-17(15-26-24)19-11-6-9-16-8-4-5-10-18(16)19/h4-15H,1-3H3. The highest BCUT2D eigenvalue weighted by atomic mass is 16.5. The molecule has 132 valence electrons. The van der Waals surface area contributed by atoms with Crippen molar-refractivity contribution in [2.75, 3.05) is 7.11 Å². The van der Waals surface area contributed by atoms with Crippen molar-refractivity contribution in [1.29, 1.82) is 0 Å². The second-order valence-corrected chi connectivity index (χ2v) is 7.65. The molecule has 0 spiro atoms. The van der Waals surface area contributed by atoms with Crippen LogP contribution in [-0.2, 0) is 5.41 Å². The van der Waals surface area contributed by atoms with E-state index in [-0.39, 0.29) is 5.41 Å². The van der Waals surface area contributed by atoms with Crippen LogP contribution in [0.1, 0.15) is 25.0 Å². The zero-order chi connectivity index (χ0) is 18.6. The van der Waals surface area contributed by atoms with Crippen molar-refractivity contribution in [3.63, 3.8) is 0 Å². The molecule has 4 aromatic rings. The fraction of sp³-hybridized carbons (Fsp3) is 0.160. The summed E-state index contributed by atoms with van der Waals surface area (Å²) >= 11 is 0. The molecule has 0 amide bonds. The molecule has 0 fully saturated rings. The van der Waals surface area contributed by atoms with E-state index >= 15 is 0 Å². The molecule has 0 radical (unpaired) electrons. The molecule has 0 saturated carbocycles. The summed E-state index contributed by atoms with van der Waals surface area (Å²) in [6.07, 6.45) is 2.00. The monoisotopic (exact) mass is 351 g/mol. The van der Waals surface area contributed by atoms with Crippen LogP contribution in [0.15, 0.2) is 72.9 Å². The van der Waals surface area contributed by atoms with Crippen molar-refractivity contribution >= 4 is 10.8 Å². The van der Waals surface area contributed by atoms with E-state index in [9.17, 15) is 0 Å². The van der Waals surface area contributed by atoms with Gasteiger partial charge in [-0.05, 0) is 39.6 Å². The molecule has 0 saturated heterocycles. The van der Waals surface area contributed by atoms with Crippen molar-refractivity contribution in [3.8, 4) is 28.1 Å². The fourth-order valence-electron chi connectivity index (χ4n) is 4.38. The molecule has 2 heteroatoms. The van der Waals surface area contributed by atoms with E-state index < -0.39 is 0 Å². The first kappa shape index (κ1) is 16.1. The maximum Gasteiger partial charge on any atom is 0.128 e. The van der Waals surface area contributed by atoms with Crippen LogP contribution in [0.4, 0.5) is 0 Å². The molecule has 1 aliphatic carbocycles. The minimum Gasteiger partial charge on any atom is -0.496 e. The number of hydrogen-bond acceptors (Lipinski definition) is 2. The topological polar surface area (TPSA) is 22.1 Å². The van der Waals surface area contributed by atoms with Crippen molar-refractivity contribution in [2.24, 2.45) is 0 Å². The summed E-state index contributed by atoms with van der Waals surface area (Å²) in [6.45, 7) is 4.54. The van der Waals surface area contributed by atoms with E-state index in [1.54, 1.807) is 7.11 Å². The molecule has 1 aromatic heterocycles. The number of ether oxygens (including phenoxy) is 1. The van der Waals surface area contributed by atoms with E-state index in [4.69, 9.17) is 9.72 Å². The Labute approximate surface area is 159 Å². The van der Waals surface area contributed by atoms with Crippen LogP contribution in [0, 0.1) is 0 Å². The number of rotatable bonds is 2. The van der Waals surface area contributed by atoms with Gasteiger partial charge in [0.15, 0.2) is 0 Å². The second kappa shape index (κ2) is 5.68. The highest BCUT2D eigenvalue weighted by Gasteiger charge is 2.38. The van der Waals surface area contributed by atoms with Gasteiger partial charge in [-0.1, -0.05) is 68.4 Å². The number of pyridine rings is 1. The summed E-state index contributed by atoms with van der Waals surface area (Å²) in [5, 5.41) is 2.51. The summed E-state index contributed by atoms with van der Waals surface area (Å²) in [5.41, 5.74) is 6.98. The molecule has 0 aliphatic heterocycles. The molecule has 27 heavy (non-hydrogen) atoms. The van der Waals surface area contributed by atoms with E-state index in [0.29, 0.717) is 0 Å². The molecular weight excluding hydrogens is 330 g/mol. The largest absolute Gasteiger partial charge is 0.496 e. The highest BCUT2D eigenvalue weighted by molar-refractivity contribution is 5.97. The Bertz CT molecular complexity index is 1180. The van der Waals surface area contributed by atoms with Crippen molar-refractivity contribution in [3.05, 3.63) is 84.1 Å². The Morgan fingerprint density at radius 1 is 0.852 bits per heavy atom. The number of hydrogen-bond donors (Lipinski definition) is 0. The first-order chi connectivity index (χ1) is 13.1. The molecular formula is C25H21NO. The van der Waals surface area contributed by atoms with Crippen molar-refractivity contribution in [2.45, 2.75) is 19.3 Å². The van der Waals surface area contributed by atoms with Crippen LogP contribution in [-0.4, -0.2) is 12.1 Å². The lowest BCUT2D eigenvalue weighted by Crippen LogP contribution is -2.15. The summed E-state index contributed by atoms with van der Waals surface area (Å²) in [6, 6.07) is 23.6. The number of benzene rings is 3.